The molecule has 1 aliphatic rings. The number of aromatic amines is 1. The molecule has 0 aromatic carbocycles. The Kier molecular flexibility index (Phi) is 3.66. The van der Waals surface area contributed by atoms with Crippen LogP contribution in [0.5, 0.6) is 0 Å². The zero-order chi connectivity index (χ0) is 12.3. The van der Waals surface area contributed by atoms with Crippen molar-refractivity contribution < 1.29 is 0 Å². The fourth-order valence-electron chi connectivity index (χ4n) is 2.63. The molecule has 1 saturated carbocycles. The smallest absolute Gasteiger partial charge is 0.319 e. The first kappa shape index (κ1) is 12.4. The Labute approximate surface area is 101 Å². The van der Waals surface area contributed by atoms with Crippen molar-refractivity contribution in [3.63, 3.8) is 0 Å². The standard InChI is InChI=1S/C12H22N4O/c1-2-3-9-16-10(14-15-11(16)17)12(13)7-5-4-6-8-12/h2-9,13H2,1H3,(H,15,17). The van der Waals surface area contributed by atoms with Crippen molar-refractivity contribution >= 4 is 0 Å². The summed E-state index contributed by atoms with van der Waals surface area (Å²) in [5.41, 5.74) is 5.90. The van der Waals surface area contributed by atoms with Gasteiger partial charge in [0, 0.05) is 6.54 Å². The SMILES string of the molecule is CCCCn1c(C2(N)CCCCC2)n[nH]c1=O. The summed E-state index contributed by atoms with van der Waals surface area (Å²) >= 11 is 0. The molecule has 0 radical (unpaired) electrons. The summed E-state index contributed by atoms with van der Waals surface area (Å²) in [6.45, 7) is 2.84. The molecule has 2 rings (SSSR count). The van der Waals surface area contributed by atoms with Crippen LogP contribution in [0.3, 0.4) is 0 Å². The Morgan fingerprint density at radius 1 is 1.41 bits per heavy atom. The normalized spacial score (nSPS) is 19.4. The molecule has 0 amide bonds. The van der Waals surface area contributed by atoms with E-state index in [1.807, 2.05) is 0 Å². The van der Waals surface area contributed by atoms with Gasteiger partial charge in [0.1, 0.15) is 0 Å². The van der Waals surface area contributed by atoms with Gasteiger partial charge in [-0.05, 0) is 19.3 Å². The van der Waals surface area contributed by atoms with Gasteiger partial charge in [-0.25, -0.2) is 9.89 Å². The summed E-state index contributed by atoms with van der Waals surface area (Å²) in [4.78, 5) is 11.7. The van der Waals surface area contributed by atoms with Crippen LogP contribution in [-0.4, -0.2) is 14.8 Å². The molecule has 3 N–H and O–H groups in total. The van der Waals surface area contributed by atoms with E-state index in [1.165, 1.54) is 6.42 Å². The molecule has 1 heterocycles. The Balaban J connectivity index is 2.27. The molecule has 96 valence electrons. The number of nitrogens with one attached hydrogen (secondary N) is 1. The van der Waals surface area contributed by atoms with Gasteiger partial charge in [0.25, 0.3) is 0 Å². The van der Waals surface area contributed by atoms with Crippen molar-refractivity contribution in [1.29, 1.82) is 0 Å². The highest BCUT2D eigenvalue weighted by Gasteiger charge is 2.34. The Bertz CT molecular complexity index is 414. The maximum atomic E-state index is 11.7. The fraction of sp³-hybridized carbons (Fsp3) is 0.833. The largest absolute Gasteiger partial charge is 0.343 e. The molecule has 0 atom stereocenters. The topological polar surface area (TPSA) is 76.7 Å². The predicted octanol–water partition coefficient (Wildman–Crippen LogP) is 1.49. The molecule has 0 aliphatic heterocycles. The second kappa shape index (κ2) is 5.04. The molecular weight excluding hydrogens is 216 g/mol. The van der Waals surface area contributed by atoms with E-state index in [-0.39, 0.29) is 5.69 Å². The third kappa shape index (κ3) is 2.44. The number of hydrogen-bond donors (Lipinski definition) is 2. The summed E-state index contributed by atoms with van der Waals surface area (Å²) in [7, 11) is 0. The molecule has 0 saturated heterocycles. The van der Waals surface area contributed by atoms with E-state index >= 15 is 0 Å². The minimum atomic E-state index is -0.398. The second-order valence-electron chi connectivity index (χ2n) is 5.07. The molecule has 5 heteroatoms. The molecule has 1 aromatic heterocycles. The number of rotatable bonds is 4. The summed E-state index contributed by atoms with van der Waals surface area (Å²) in [5.74, 6) is 0.760. The van der Waals surface area contributed by atoms with Crippen LogP contribution >= 0.6 is 0 Å². The minimum Gasteiger partial charge on any atom is -0.319 e. The molecule has 1 aromatic rings. The van der Waals surface area contributed by atoms with Crippen LogP contribution in [-0.2, 0) is 12.1 Å². The van der Waals surface area contributed by atoms with Gasteiger partial charge in [-0.3, -0.25) is 4.57 Å². The second-order valence-corrected chi connectivity index (χ2v) is 5.07. The van der Waals surface area contributed by atoms with Gasteiger partial charge in [0.2, 0.25) is 0 Å². The van der Waals surface area contributed by atoms with Gasteiger partial charge >= 0.3 is 5.69 Å². The van der Waals surface area contributed by atoms with Gasteiger partial charge < -0.3 is 5.73 Å². The summed E-state index contributed by atoms with van der Waals surface area (Å²) in [6.07, 6.45) is 7.42. The van der Waals surface area contributed by atoms with E-state index in [9.17, 15) is 4.79 Å². The van der Waals surface area contributed by atoms with E-state index in [4.69, 9.17) is 5.73 Å². The fourth-order valence-corrected chi connectivity index (χ4v) is 2.63. The summed E-state index contributed by atoms with van der Waals surface area (Å²) in [6, 6.07) is 0. The zero-order valence-corrected chi connectivity index (χ0v) is 10.5. The Morgan fingerprint density at radius 2 is 2.12 bits per heavy atom. The van der Waals surface area contributed by atoms with E-state index in [1.54, 1.807) is 4.57 Å². The first-order valence-electron chi connectivity index (χ1n) is 6.62. The highest BCUT2D eigenvalue weighted by atomic mass is 16.1. The molecule has 17 heavy (non-hydrogen) atoms. The number of aromatic nitrogens is 3. The van der Waals surface area contributed by atoms with Crippen molar-refractivity contribution in [3.05, 3.63) is 16.3 Å². The summed E-state index contributed by atoms with van der Waals surface area (Å²) < 4.78 is 1.73. The average Bonchev–Trinajstić information content (AvgIpc) is 2.70. The lowest BCUT2D eigenvalue weighted by Gasteiger charge is -2.32. The van der Waals surface area contributed by atoms with Crippen molar-refractivity contribution in [2.24, 2.45) is 5.73 Å². The minimum absolute atomic E-state index is 0.121. The van der Waals surface area contributed by atoms with E-state index in [0.29, 0.717) is 0 Å². The van der Waals surface area contributed by atoms with Crippen molar-refractivity contribution in [2.75, 3.05) is 0 Å². The maximum Gasteiger partial charge on any atom is 0.343 e. The number of hydrogen-bond acceptors (Lipinski definition) is 3. The van der Waals surface area contributed by atoms with E-state index < -0.39 is 5.54 Å². The third-order valence-corrected chi connectivity index (χ3v) is 3.68. The highest BCUT2D eigenvalue weighted by Crippen LogP contribution is 2.33. The van der Waals surface area contributed by atoms with E-state index in [2.05, 4.69) is 17.1 Å². The molecule has 0 spiro atoms. The van der Waals surface area contributed by atoms with Crippen LogP contribution in [0.2, 0.25) is 0 Å². The predicted molar refractivity (Wildman–Crippen MR) is 66.7 cm³/mol. The number of H-pyrrole nitrogens is 1. The lowest BCUT2D eigenvalue weighted by molar-refractivity contribution is 0.275. The van der Waals surface area contributed by atoms with Crippen LogP contribution in [0.25, 0.3) is 0 Å². The number of nitrogens with two attached hydrogens (primary N) is 1. The van der Waals surface area contributed by atoms with Gasteiger partial charge in [-0.2, -0.15) is 5.10 Å². The molecular formula is C12H22N4O. The number of nitrogens with zero attached hydrogens (tertiary/aromatic N) is 2. The van der Waals surface area contributed by atoms with Crippen molar-refractivity contribution in [1.82, 2.24) is 14.8 Å². The number of unbranched alkanes of at least 4 members (excludes halogenated alkanes) is 1. The molecule has 1 fully saturated rings. The van der Waals surface area contributed by atoms with Gasteiger partial charge in [-0.15, -0.1) is 0 Å². The molecule has 5 nitrogen and oxygen atoms in total. The lowest BCUT2D eigenvalue weighted by atomic mass is 9.82. The molecule has 1 aliphatic carbocycles. The zero-order valence-electron chi connectivity index (χ0n) is 10.5. The Morgan fingerprint density at radius 3 is 2.76 bits per heavy atom. The maximum absolute atomic E-state index is 11.7. The third-order valence-electron chi connectivity index (χ3n) is 3.68. The average molecular weight is 238 g/mol. The van der Waals surface area contributed by atoms with E-state index in [0.717, 1.165) is 50.9 Å². The first-order valence-corrected chi connectivity index (χ1v) is 6.62. The van der Waals surface area contributed by atoms with Gasteiger partial charge in [0.15, 0.2) is 5.82 Å². The molecule has 0 bridgehead atoms. The van der Waals surface area contributed by atoms with Crippen LogP contribution in [0.1, 0.15) is 57.7 Å². The van der Waals surface area contributed by atoms with Crippen molar-refractivity contribution in [2.45, 2.75) is 64.0 Å². The van der Waals surface area contributed by atoms with Crippen LogP contribution in [0, 0.1) is 0 Å². The molecule has 0 unspecified atom stereocenters. The lowest BCUT2D eigenvalue weighted by Crippen LogP contribution is -2.42. The van der Waals surface area contributed by atoms with Gasteiger partial charge in [-0.1, -0.05) is 32.6 Å². The van der Waals surface area contributed by atoms with Crippen LogP contribution in [0.15, 0.2) is 4.79 Å². The van der Waals surface area contributed by atoms with Crippen LogP contribution in [0.4, 0.5) is 0 Å². The first-order chi connectivity index (χ1) is 8.17. The summed E-state index contributed by atoms with van der Waals surface area (Å²) in [5, 5.41) is 6.71. The van der Waals surface area contributed by atoms with Crippen molar-refractivity contribution in [3.8, 4) is 0 Å². The van der Waals surface area contributed by atoms with Crippen LogP contribution < -0.4 is 11.4 Å². The van der Waals surface area contributed by atoms with Gasteiger partial charge in [0.05, 0.1) is 5.54 Å². The monoisotopic (exact) mass is 238 g/mol. The Hall–Kier alpha value is -1.10. The quantitative estimate of drug-likeness (QED) is 0.834. The highest BCUT2D eigenvalue weighted by molar-refractivity contribution is 5.06.